The van der Waals surface area contributed by atoms with Gasteiger partial charge in [0.05, 0.1) is 0 Å². The van der Waals surface area contributed by atoms with Crippen LogP contribution < -0.4 is 5.73 Å². The van der Waals surface area contributed by atoms with Crippen LogP contribution in [-0.2, 0) is 9.84 Å². The predicted octanol–water partition coefficient (Wildman–Crippen LogP) is 2.62. The Morgan fingerprint density at radius 2 is 1.89 bits per heavy atom. The maximum atomic E-state index is 11.0. The van der Waals surface area contributed by atoms with E-state index in [0.717, 1.165) is 11.3 Å². The number of rotatable bonds is 7. The molecule has 0 fully saturated rings. The van der Waals surface area contributed by atoms with Gasteiger partial charge in [0.15, 0.2) is 0 Å². The summed E-state index contributed by atoms with van der Waals surface area (Å²) in [6.07, 6.45) is 2.58. The molecule has 1 aromatic carbocycles. The average Bonchev–Trinajstić information content (AvgIpc) is 2.28. The van der Waals surface area contributed by atoms with Gasteiger partial charge in [0.25, 0.3) is 0 Å². The first-order chi connectivity index (χ1) is 8.42. The number of hydrogen-bond donors (Lipinski definition) is 1. The summed E-state index contributed by atoms with van der Waals surface area (Å²) in [5.41, 5.74) is 7.12. The van der Waals surface area contributed by atoms with E-state index < -0.39 is 9.84 Å². The first kappa shape index (κ1) is 15.5. The zero-order valence-electron chi connectivity index (χ0n) is 10.9. The van der Waals surface area contributed by atoms with Crippen molar-refractivity contribution < 1.29 is 8.42 Å². The SMILES string of the molecule is CCSc1ccc(C(N)CCCS(C)(=O)=O)cc1. The van der Waals surface area contributed by atoms with E-state index in [4.69, 9.17) is 5.73 Å². The number of hydrogen-bond acceptors (Lipinski definition) is 4. The summed E-state index contributed by atoms with van der Waals surface area (Å²) >= 11 is 1.80. The molecule has 0 spiro atoms. The molecule has 2 N–H and O–H groups in total. The summed E-state index contributed by atoms with van der Waals surface area (Å²) in [4.78, 5) is 1.24. The van der Waals surface area contributed by atoms with Crippen molar-refractivity contribution in [3.05, 3.63) is 29.8 Å². The third-order valence-corrected chi connectivity index (χ3v) is 4.57. The lowest BCUT2D eigenvalue weighted by Gasteiger charge is -2.12. The fraction of sp³-hybridized carbons (Fsp3) is 0.538. The molecular weight excluding hydrogens is 266 g/mol. The second kappa shape index (κ2) is 7.16. The summed E-state index contributed by atoms with van der Waals surface area (Å²) < 4.78 is 22.0. The molecule has 0 saturated heterocycles. The second-order valence-electron chi connectivity index (χ2n) is 4.38. The van der Waals surface area contributed by atoms with Crippen LogP contribution >= 0.6 is 11.8 Å². The van der Waals surface area contributed by atoms with Gasteiger partial charge in [-0.1, -0.05) is 19.1 Å². The van der Waals surface area contributed by atoms with E-state index in [0.29, 0.717) is 12.8 Å². The van der Waals surface area contributed by atoms with Gasteiger partial charge in [-0.15, -0.1) is 11.8 Å². The predicted molar refractivity (Wildman–Crippen MR) is 78.7 cm³/mol. The van der Waals surface area contributed by atoms with Gasteiger partial charge in [0, 0.05) is 22.9 Å². The molecule has 0 aliphatic heterocycles. The van der Waals surface area contributed by atoms with Crippen LogP contribution in [0.3, 0.4) is 0 Å². The van der Waals surface area contributed by atoms with Crippen molar-refractivity contribution in [1.29, 1.82) is 0 Å². The largest absolute Gasteiger partial charge is 0.324 e. The highest BCUT2D eigenvalue weighted by Crippen LogP contribution is 2.22. The molecule has 1 unspecified atom stereocenters. The molecule has 0 amide bonds. The molecule has 0 saturated carbocycles. The Balaban J connectivity index is 2.48. The molecule has 0 aliphatic carbocycles. The van der Waals surface area contributed by atoms with Gasteiger partial charge in [-0.05, 0) is 36.3 Å². The number of benzene rings is 1. The first-order valence-electron chi connectivity index (χ1n) is 6.08. The van der Waals surface area contributed by atoms with Gasteiger partial charge in [0.1, 0.15) is 9.84 Å². The molecule has 1 atom stereocenters. The number of thioether (sulfide) groups is 1. The Kier molecular flexibility index (Phi) is 6.18. The lowest BCUT2D eigenvalue weighted by molar-refractivity contribution is 0.588. The topological polar surface area (TPSA) is 60.2 Å². The fourth-order valence-electron chi connectivity index (χ4n) is 1.71. The van der Waals surface area contributed by atoms with E-state index in [1.165, 1.54) is 11.2 Å². The minimum atomic E-state index is -2.87. The van der Waals surface area contributed by atoms with Crippen molar-refractivity contribution in [3.63, 3.8) is 0 Å². The summed E-state index contributed by atoms with van der Waals surface area (Å²) in [5, 5.41) is 0. The average molecular weight is 287 g/mol. The summed E-state index contributed by atoms with van der Waals surface area (Å²) in [7, 11) is -2.87. The lowest BCUT2D eigenvalue weighted by atomic mass is 10.0. The smallest absolute Gasteiger partial charge is 0.147 e. The number of sulfone groups is 1. The molecule has 0 bridgehead atoms. The maximum Gasteiger partial charge on any atom is 0.147 e. The Bertz CT molecular complexity index is 454. The lowest BCUT2D eigenvalue weighted by Crippen LogP contribution is -2.12. The standard InChI is InChI=1S/C13H21NO2S2/c1-3-17-12-8-6-11(7-9-12)13(14)5-4-10-18(2,15)16/h6-9,13H,3-5,10,14H2,1-2H3. The molecule has 5 heteroatoms. The van der Waals surface area contributed by atoms with Gasteiger partial charge in [-0.2, -0.15) is 0 Å². The summed E-state index contributed by atoms with van der Waals surface area (Å²) in [6.45, 7) is 2.12. The van der Waals surface area contributed by atoms with E-state index >= 15 is 0 Å². The van der Waals surface area contributed by atoms with E-state index in [2.05, 4.69) is 19.1 Å². The van der Waals surface area contributed by atoms with Gasteiger partial charge in [-0.3, -0.25) is 0 Å². The van der Waals surface area contributed by atoms with Crippen LogP contribution in [0.5, 0.6) is 0 Å². The molecule has 102 valence electrons. The van der Waals surface area contributed by atoms with Gasteiger partial charge < -0.3 is 5.73 Å². The van der Waals surface area contributed by atoms with Gasteiger partial charge in [-0.25, -0.2) is 8.42 Å². The van der Waals surface area contributed by atoms with Gasteiger partial charge in [0.2, 0.25) is 0 Å². The van der Waals surface area contributed by atoms with Crippen molar-refractivity contribution in [3.8, 4) is 0 Å². The summed E-state index contributed by atoms with van der Waals surface area (Å²) in [6, 6.07) is 8.12. The Labute approximate surface area is 114 Å². The van der Waals surface area contributed by atoms with Crippen molar-refractivity contribution in [1.82, 2.24) is 0 Å². The molecule has 0 aromatic heterocycles. The Morgan fingerprint density at radius 1 is 1.28 bits per heavy atom. The maximum absolute atomic E-state index is 11.0. The van der Waals surface area contributed by atoms with Gasteiger partial charge >= 0.3 is 0 Å². The highest BCUT2D eigenvalue weighted by atomic mass is 32.2. The molecule has 1 aromatic rings. The van der Waals surface area contributed by atoms with Crippen LogP contribution in [0.1, 0.15) is 31.4 Å². The van der Waals surface area contributed by atoms with E-state index in [1.807, 2.05) is 12.1 Å². The van der Waals surface area contributed by atoms with Crippen LogP contribution in [0.25, 0.3) is 0 Å². The van der Waals surface area contributed by atoms with Crippen molar-refractivity contribution in [2.75, 3.05) is 17.8 Å². The molecule has 0 heterocycles. The van der Waals surface area contributed by atoms with Crippen LogP contribution in [0, 0.1) is 0 Å². The first-order valence-corrected chi connectivity index (χ1v) is 9.13. The highest BCUT2D eigenvalue weighted by molar-refractivity contribution is 7.99. The third kappa shape index (κ3) is 5.89. The quantitative estimate of drug-likeness (QED) is 0.783. The third-order valence-electron chi connectivity index (χ3n) is 2.65. The van der Waals surface area contributed by atoms with Crippen molar-refractivity contribution >= 4 is 21.6 Å². The monoisotopic (exact) mass is 287 g/mol. The zero-order valence-corrected chi connectivity index (χ0v) is 12.6. The minimum absolute atomic E-state index is 0.0765. The number of nitrogens with two attached hydrogens (primary N) is 1. The van der Waals surface area contributed by atoms with E-state index in [-0.39, 0.29) is 11.8 Å². The van der Waals surface area contributed by atoms with Crippen molar-refractivity contribution in [2.24, 2.45) is 5.73 Å². The molecule has 0 aliphatic rings. The van der Waals surface area contributed by atoms with E-state index in [9.17, 15) is 8.42 Å². The van der Waals surface area contributed by atoms with E-state index in [1.54, 1.807) is 11.8 Å². The molecule has 18 heavy (non-hydrogen) atoms. The minimum Gasteiger partial charge on any atom is -0.324 e. The van der Waals surface area contributed by atoms with Crippen LogP contribution in [0.4, 0.5) is 0 Å². The fourth-order valence-corrected chi connectivity index (χ4v) is 3.06. The molecule has 0 radical (unpaired) electrons. The normalized spacial score (nSPS) is 13.5. The Morgan fingerprint density at radius 3 is 2.39 bits per heavy atom. The second-order valence-corrected chi connectivity index (χ2v) is 7.98. The Hall–Kier alpha value is -0.520. The van der Waals surface area contributed by atoms with Crippen LogP contribution in [0.15, 0.2) is 29.2 Å². The molecule has 1 rings (SSSR count). The zero-order chi connectivity index (χ0) is 13.6. The summed E-state index contributed by atoms with van der Waals surface area (Å²) in [5.74, 6) is 1.27. The molecular formula is C13H21NO2S2. The van der Waals surface area contributed by atoms with Crippen molar-refractivity contribution in [2.45, 2.75) is 30.7 Å². The van der Waals surface area contributed by atoms with Crippen LogP contribution in [-0.4, -0.2) is 26.2 Å². The van der Waals surface area contributed by atoms with Crippen LogP contribution in [0.2, 0.25) is 0 Å². The molecule has 3 nitrogen and oxygen atoms in total. The highest BCUT2D eigenvalue weighted by Gasteiger charge is 2.08.